The lowest BCUT2D eigenvalue weighted by Crippen LogP contribution is -2.10. The summed E-state index contributed by atoms with van der Waals surface area (Å²) in [5.41, 5.74) is 4.13. The number of nitrogens with zero attached hydrogens (tertiary/aromatic N) is 1. The predicted molar refractivity (Wildman–Crippen MR) is 47.3 cm³/mol. The van der Waals surface area contributed by atoms with Crippen LogP contribution < -0.4 is 11.1 Å². The molecule has 1 aromatic heterocycles. The van der Waals surface area contributed by atoms with Gasteiger partial charge in [-0.1, -0.05) is 6.92 Å². The summed E-state index contributed by atoms with van der Waals surface area (Å²) < 4.78 is 38.4. The fourth-order valence-corrected chi connectivity index (χ4v) is 0.892. The third-order valence-electron chi connectivity index (χ3n) is 1.61. The van der Waals surface area contributed by atoms with Crippen molar-refractivity contribution in [3.63, 3.8) is 0 Å². The van der Waals surface area contributed by atoms with E-state index in [9.17, 15) is 13.2 Å². The zero-order valence-electron chi connectivity index (χ0n) is 7.57. The van der Waals surface area contributed by atoms with Crippen LogP contribution in [0.4, 0.5) is 24.7 Å². The molecule has 0 spiro atoms. The van der Waals surface area contributed by atoms with Gasteiger partial charge in [0.2, 0.25) is 5.82 Å². The normalized spacial score (nSPS) is 10.3. The smallest absolute Gasteiger partial charge is 0.253 e. The van der Waals surface area contributed by atoms with Gasteiger partial charge in [-0.2, -0.15) is 13.8 Å². The summed E-state index contributed by atoms with van der Waals surface area (Å²) >= 11 is 0. The summed E-state index contributed by atoms with van der Waals surface area (Å²) in [7, 11) is 0. The second kappa shape index (κ2) is 4.17. The Hall–Kier alpha value is -1.46. The number of rotatable bonds is 3. The van der Waals surface area contributed by atoms with Crippen molar-refractivity contribution in [2.45, 2.75) is 13.3 Å². The summed E-state index contributed by atoms with van der Waals surface area (Å²) in [6, 6.07) is 0. The number of anilines is 2. The van der Waals surface area contributed by atoms with Crippen LogP contribution in [0.1, 0.15) is 13.3 Å². The highest BCUT2D eigenvalue weighted by atomic mass is 19.2. The fraction of sp³-hybridized carbons (Fsp3) is 0.375. The second-order valence-corrected chi connectivity index (χ2v) is 2.72. The van der Waals surface area contributed by atoms with Gasteiger partial charge in [-0.25, -0.2) is 4.39 Å². The molecule has 3 N–H and O–H groups in total. The van der Waals surface area contributed by atoms with E-state index in [1.165, 1.54) is 0 Å². The van der Waals surface area contributed by atoms with Crippen LogP contribution in [0.15, 0.2) is 0 Å². The number of halogens is 3. The molecule has 3 nitrogen and oxygen atoms in total. The molecule has 0 aliphatic carbocycles. The average Bonchev–Trinajstić information content (AvgIpc) is 2.18. The summed E-state index contributed by atoms with van der Waals surface area (Å²) in [6.45, 7) is 2.25. The van der Waals surface area contributed by atoms with Crippen LogP contribution in [0, 0.1) is 17.6 Å². The van der Waals surface area contributed by atoms with Crippen LogP contribution in [-0.2, 0) is 0 Å². The minimum absolute atomic E-state index is 0.358. The van der Waals surface area contributed by atoms with Crippen molar-refractivity contribution in [3.8, 4) is 0 Å². The third kappa shape index (κ3) is 1.89. The van der Waals surface area contributed by atoms with E-state index in [2.05, 4.69) is 10.3 Å². The summed E-state index contributed by atoms with van der Waals surface area (Å²) in [5, 5.41) is 2.50. The SMILES string of the molecule is CCCNc1nc(F)c(F)c(N)c1F. The van der Waals surface area contributed by atoms with Crippen LogP contribution in [0.3, 0.4) is 0 Å². The van der Waals surface area contributed by atoms with Gasteiger partial charge in [0.25, 0.3) is 5.95 Å². The summed E-state index contributed by atoms with van der Waals surface area (Å²) in [5.74, 6) is -4.27. The zero-order chi connectivity index (χ0) is 10.7. The van der Waals surface area contributed by atoms with Crippen molar-refractivity contribution in [2.24, 2.45) is 0 Å². The minimum atomic E-state index is -1.45. The van der Waals surface area contributed by atoms with Gasteiger partial charge in [-0.15, -0.1) is 0 Å². The Labute approximate surface area is 79.1 Å². The Morgan fingerprint density at radius 1 is 1.29 bits per heavy atom. The van der Waals surface area contributed by atoms with E-state index < -0.39 is 23.3 Å². The molecule has 0 saturated carbocycles. The maximum Gasteiger partial charge on any atom is 0.253 e. The molecule has 1 aromatic rings. The number of hydrogen-bond donors (Lipinski definition) is 2. The molecule has 0 atom stereocenters. The fourth-order valence-electron chi connectivity index (χ4n) is 0.892. The molecule has 6 heteroatoms. The third-order valence-corrected chi connectivity index (χ3v) is 1.61. The van der Waals surface area contributed by atoms with E-state index >= 15 is 0 Å². The van der Waals surface area contributed by atoms with Crippen molar-refractivity contribution >= 4 is 11.5 Å². The van der Waals surface area contributed by atoms with Gasteiger partial charge in [0.1, 0.15) is 5.69 Å². The van der Waals surface area contributed by atoms with Crippen molar-refractivity contribution in [1.82, 2.24) is 4.98 Å². The quantitative estimate of drug-likeness (QED) is 0.741. The Balaban J connectivity index is 3.06. The van der Waals surface area contributed by atoms with Gasteiger partial charge >= 0.3 is 0 Å². The molecule has 0 aliphatic rings. The Kier molecular flexibility index (Phi) is 3.16. The standard InChI is InChI=1S/C8H10F3N3/c1-2-3-13-8-5(10)6(12)4(9)7(11)14-8/h2-3H2,1H3,(H3,12,13,14). The monoisotopic (exact) mass is 205 g/mol. The highest BCUT2D eigenvalue weighted by Crippen LogP contribution is 2.22. The van der Waals surface area contributed by atoms with Gasteiger partial charge in [0, 0.05) is 6.54 Å². The number of nitrogens with one attached hydrogen (secondary N) is 1. The first-order valence-electron chi connectivity index (χ1n) is 4.11. The van der Waals surface area contributed by atoms with E-state index in [0.29, 0.717) is 13.0 Å². The van der Waals surface area contributed by atoms with Gasteiger partial charge < -0.3 is 11.1 Å². The van der Waals surface area contributed by atoms with E-state index in [4.69, 9.17) is 5.73 Å². The number of hydrogen-bond acceptors (Lipinski definition) is 3. The number of nitrogens with two attached hydrogens (primary N) is 1. The van der Waals surface area contributed by atoms with E-state index in [0.717, 1.165) is 0 Å². The van der Waals surface area contributed by atoms with Gasteiger partial charge in [-0.05, 0) is 6.42 Å². The van der Waals surface area contributed by atoms with Crippen molar-refractivity contribution < 1.29 is 13.2 Å². The van der Waals surface area contributed by atoms with Crippen LogP contribution in [0.2, 0.25) is 0 Å². The molecule has 78 valence electrons. The van der Waals surface area contributed by atoms with Crippen LogP contribution in [0.5, 0.6) is 0 Å². The summed E-state index contributed by atoms with van der Waals surface area (Å²) in [4.78, 5) is 3.06. The molecular weight excluding hydrogens is 195 g/mol. The molecule has 1 heterocycles. The Morgan fingerprint density at radius 3 is 2.50 bits per heavy atom. The lowest BCUT2D eigenvalue weighted by atomic mass is 10.3. The van der Waals surface area contributed by atoms with Crippen LogP contribution in [-0.4, -0.2) is 11.5 Å². The first kappa shape index (κ1) is 10.6. The Bertz CT molecular complexity index is 341. The van der Waals surface area contributed by atoms with E-state index in [1.807, 2.05) is 6.92 Å². The molecule has 1 rings (SSSR count). The molecule has 0 radical (unpaired) electrons. The number of pyridine rings is 1. The molecule has 0 unspecified atom stereocenters. The van der Waals surface area contributed by atoms with Crippen molar-refractivity contribution in [3.05, 3.63) is 17.6 Å². The maximum atomic E-state index is 13.1. The van der Waals surface area contributed by atoms with E-state index in [-0.39, 0.29) is 5.82 Å². The number of aromatic nitrogens is 1. The van der Waals surface area contributed by atoms with Crippen LogP contribution in [0.25, 0.3) is 0 Å². The molecule has 0 bridgehead atoms. The Morgan fingerprint density at radius 2 is 1.93 bits per heavy atom. The maximum absolute atomic E-state index is 13.1. The minimum Gasteiger partial charge on any atom is -0.394 e. The second-order valence-electron chi connectivity index (χ2n) is 2.72. The molecule has 0 aromatic carbocycles. The molecular formula is C8H10F3N3. The predicted octanol–water partition coefficient (Wildman–Crippen LogP) is 1.90. The molecule has 14 heavy (non-hydrogen) atoms. The lowest BCUT2D eigenvalue weighted by molar-refractivity contribution is 0.471. The average molecular weight is 205 g/mol. The molecule has 0 fully saturated rings. The van der Waals surface area contributed by atoms with Crippen LogP contribution >= 0.6 is 0 Å². The van der Waals surface area contributed by atoms with Gasteiger partial charge in [0.15, 0.2) is 11.6 Å². The molecule has 0 amide bonds. The highest BCUT2D eigenvalue weighted by molar-refractivity contribution is 5.52. The molecule has 0 saturated heterocycles. The first-order valence-corrected chi connectivity index (χ1v) is 4.11. The van der Waals surface area contributed by atoms with Gasteiger partial charge in [-0.3, -0.25) is 0 Å². The summed E-state index contributed by atoms with van der Waals surface area (Å²) in [6.07, 6.45) is 0.708. The van der Waals surface area contributed by atoms with Gasteiger partial charge in [0.05, 0.1) is 0 Å². The van der Waals surface area contributed by atoms with Crippen molar-refractivity contribution in [1.29, 1.82) is 0 Å². The largest absolute Gasteiger partial charge is 0.394 e. The first-order chi connectivity index (χ1) is 6.57. The number of nitrogen functional groups attached to an aromatic ring is 1. The highest BCUT2D eigenvalue weighted by Gasteiger charge is 2.17. The molecule has 0 aliphatic heterocycles. The zero-order valence-corrected chi connectivity index (χ0v) is 7.57. The lowest BCUT2D eigenvalue weighted by Gasteiger charge is -2.07. The van der Waals surface area contributed by atoms with E-state index in [1.54, 1.807) is 0 Å². The van der Waals surface area contributed by atoms with Crippen molar-refractivity contribution in [2.75, 3.05) is 17.6 Å². The topological polar surface area (TPSA) is 50.9 Å².